The van der Waals surface area contributed by atoms with Gasteiger partial charge in [-0.15, -0.1) is 23.1 Å². The minimum Gasteiger partial charge on any atom is -0.361 e. The van der Waals surface area contributed by atoms with Gasteiger partial charge >= 0.3 is 0 Å². The van der Waals surface area contributed by atoms with E-state index in [0.29, 0.717) is 25.9 Å². The van der Waals surface area contributed by atoms with E-state index in [1.807, 2.05) is 46.8 Å². The van der Waals surface area contributed by atoms with E-state index in [1.165, 1.54) is 0 Å². The Morgan fingerprint density at radius 1 is 1.23 bits per heavy atom. The molecule has 2 aromatic heterocycles. The fraction of sp³-hybridized carbons (Fsp3) is 0.423. The van der Waals surface area contributed by atoms with Gasteiger partial charge in [0.05, 0.1) is 9.75 Å². The lowest BCUT2D eigenvalue weighted by Crippen LogP contribution is -2.58. The first kappa shape index (κ1) is 24.1. The smallest absolute Gasteiger partial charge is 0.245 e. The standard InChI is InChI=1S/C26H30N4O3S2/c1-25(2,27)24(33)29-20(13-16-15-28-19-6-4-3-5-17(16)19)22(32)30-10-8-26(9-11-30)14-21(31)18-7-12-34-23(18)35-26/h3-7,12,15,20,28H,8-11,13-14,27H2,1-2H3,(H,29,33)/t20-/m1/s1. The van der Waals surface area contributed by atoms with E-state index >= 15 is 0 Å². The van der Waals surface area contributed by atoms with Crippen molar-refractivity contribution in [2.75, 3.05) is 13.1 Å². The molecule has 1 spiro atoms. The second kappa shape index (κ2) is 9.11. The molecular formula is C26H30N4O3S2. The number of likely N-dealkylation sites (tertiary alicyclic amines) is 1. The molecule has 0 unspecified atom stereocenters. The normalized spacial score (nSPS) is 18.5. The SMILES string of the molecule is CC(C)(N)C(=O)N[C@H](Cc1c[nH]c2ccccc12)C(=O)N1CCC2(CC1)CC(=O)c1ccsc1S2. The quantitative estimate of drug-likeness (QED) is 0.485. The van der Waals surface area contributed by atoms with Crippen molar-refractivity contribution in [2.24, 2.45) is 5.73 Å². The fourth-order valence-electron chi connectivity index (χ4n) is 4.90. The summed E-state index contributed by atoms with van der Waals surface area (Å²) < 4.78 is 0.941. The van der Waals surface area contributed by atoms with Crippen LogP contribution in [0.5, 0.6) is 0 Å². The van der Waals surface area contributed by atoms with Crippen LogP contribution in [0.3, 0.4) is 0 Å². The number of Topliss-reactive ketones (excluding diaryl/α,β-unsaturated/α-hetero) is 1. The van der Waals surface area contributed by atoms with E-state index < -0.39 is 11.6 Å². The maximum atomic E-state index is 13.7. The van der Waals surface area contributed by atoms with Gasteiger partial charge in [-0.3, -0.25) is 14.4 Å². The van der Waals surface area contributed by atoms with Gasteiger partial charge in [0.1, 0.15) is 6.04 Å². The molecule has 2 aliphatic heterocycles. The van der Waals surface area contributed by atoms with Crippen LogP contribution in [0.15, 0.2) is 46.1 Å². The van der Waals surface area contributed by atoms with Gasteiger partial charge in [-0.2, -0.15) is 0 Å². The molecule has 9 heteroatoms. The summed E-state index contributed by atoms with van der Waals surface area (Å²) >= 11 is 3.42. The number of benzene rings is 1. The Balaban J connectivity index is 1.33. The number of para-hydroxylation sites is 1. The highest BCUT2D eigenvalue weighted by Gasteiger charge is 2.44. The molecule has 3 aromatic rings. The highest BCUT2D eigenvalue weighted by molar-refractivity contribution is 8.02. The Kier molecular flexibility index (Phi) is 6.27. The zero-order chi connectivity index (χ0) is 24.8. The van der Waals surface area contributed by atoms with Gasteiger partial charge in [-0.05, 0) is 49.8 Å². The predicted octanol–water partition coefficient (Wildman–Crippen LogP) is 3.73. The molecule has 1 atom stereocenters. The van der Waals surface area contributed by atoms with E-state index in [4.69, 9.17) is 5.73 Å². The summed E-state index contributed by atoms with van der Waals surface area (Å²) in [5.41, 5.74) is 7.74. The third-order valence-corrected chi connectivity index (χ3v) is 9.63. The summed E-state index contributed by atoms with van der Waals surface area (Å²) in [6.45, 7) is 4.39. The lowest BCUT2D eigenvalue weighted by atomic mass is 9.88. The van der Waals surface area contributed by atoms with Gasteiger partial charge in [0, 0.05) is 53.3 Å². The highest BCUT2D eigenvalue weighted by atomic mass is 32.2. The summed E-state index contributed by atoms with van der Waals surface area (Å²) in [6, 6.07) is 9.12. The number of ketones is 1. The molecule has 0 bridgehead atoms. The molecule has 1 aromatic carbocycles. The third kappa shape index (κ3) is 4.77. The largest absolute Gasteiger partial charge is 0.361 e. The molecule has 0 radical (unpaired) electrons. The van der Waals surface area contributed by atoms with E-state index in [-0.39, 0.29) is 22.3 Å². The molecule has 1 fully saturated rings. The number of piperidine rings is 1. The number of H-pyrrole nitrogens is 1. The van der Waals surface area contributed by atoms with Crippen LogP contribution in [0.4, 0.5) is 0 Å². The van der Waals surface area contributed by atoms with Crippen molar-refractivity contribution < 1.29 is 14.4 Å². The number of carbonyl (C=O) groups is 3. The van der Waals surface area contributed by atoms with Crippen LogP contribution < -0.4 is 11.1 Å². The van der Waals surface area contributed by atoms with Crippen molar-refractivity contribution in [1.82, 2.24) is 15.2 Å². The number of fused-ring (bicyclic) bond motifs is 2. The van der Waals surface area contributed by atoms with Crippen molar-refractivity contribution in [3.05, 3.63) is 53.0 Å². The van der Waals surface area contributed by atoms with Gasteiger partial charge in [-0.1, -0.05) is 18.2 Å². The first-order valence-corrected chi connectivity index (χ1v) is 13.6. The summed E-state index contributed by atoms with van der Waals surface area (Å²) in [4.78, 5) is 44.3. The first-order valence-electron chi connectivity index (χ1n) is 11.9. The average molecular weight is 511 g/mol. The second-order valence-electron chi connectivity index (χ2n) is 10.1. The van der Waals surface area contributed by atoms with Gasteiger partial charge < -0.3 is 20.9 Å². The van der Waals surface area contributed by atoms with Gasteiger partial charge in [0.25, 0.3) is 0 Å². The van der Waals surface area contributed by atoms with Crippen molar-refractivity contribution in [2.45, 2.75) is 60.1 Å². The minimum atomic E-state index is -1.10. The molecule has 184 valence electrons. The average Bonchev–Trinajstić information content (AvgIpc) is 3.45. The molecule has 2 amide bonds. The maximum Gasteiger partial charge on any atom is 0.245 e. The number of thiophene rings is 1. The van der Waals surface area contributed by atoms with E-state index in [1.54, 1.807) is 36.9 Å². The van der Waals surface area contributed by atoms with Gasteiger partial charge in [-0.25, -0.2) is 0 Å². The Hall–Kier alpha value is -2.62. The van der Waals surface area contributed by atoms with Crippen molar-refractivity contribution in [3.63, 3.8) is 0 Å². The summed E-state index contributed by atoms with van der Waals surface area (Å²) in [6.07, 6.45) is 4.29. The molecule has 7 nitrogen and oxygen atoms in total. The number of hydrogen-bond donors (Lipinski definition) is 3. The lowest BCUT2D eigenvalue weighted by molar-refractivity contribution is -0.138. The van der Waals surface area contributed by atoms with Crippen LogP contribution in [0.1, 0.15) is 49.0 Å². The summed E-state index contributed by atoms with van der Waals surface area (Å²) in [7, 11) is 0. The zero-order valence-electron chi connectivity index (χ0n) is 19.9. The fourth-order valence-corrected chi connectivity index (χ4v) is 7.70. The molecule has 4 N–H and O–H groups in total. The van der Waals surface area contributed by atoms with Crippen molar-refractivity contribution >= 4 is 51.6 Å². The Morgan fingerprint density at radius 2 is 1.97 bits per heavy atom. The van der Waals surface area contributed by atoms with E-state index in [0.717, 1.165) is 39.1 Å². The Bertz CT molecular complexity index is 1280. The second-order valence-corrected chi connectivity index (χ2v) is 12.8. The monoisotopic (exact) mass is 510 g/mol. The first-order chi connectivity index (χ1) is 16.7. The number of nitrogens with zero attached hydrogens (tertiary/aromatic N) is 1. The number of rotatable bonds is 5. The minimum absolute atomic E-state index is 0.105. The molecule has 0 aliphatic carbocycles. The van der Waals surface area contributed by atoms with Crippen LogP contribution in [0.2, 0.25) is 0 Å². The highest BCUT2D eigenvalue weighted by Crippen LogP contribution is 2.50. The number of aromatic nitrogens is 1. The number of nitrogens with two attached hydrogens (primary N) is 1. The van der Waals surface area contributed by atoms with Crippen LogP contribution in [-0.2, 0) is 16.0 Å². The van der Waals surface area contributed by atoms with Gasteiger partial charge in [0.2, 0.25) is 11.8 Å². The topological polar surface area (TPSA) is 108 Å². The molecule has 2 aliphatic rings. The number of amides is 2. The number of thioether (sulfide) groups is 1. The molecule has 1 saturated heterocycles. The molecule has 0 saturated carbocycles. The molecule has 4 heterocycles. The predicted molar refractivity (Wildman–Crippen MR) is 140 cm³/mol. The van der Waals surface area contributed by atoms with Crippen molar-refractivity contribution in [3.8, 4) is 0 Å². The van der Waals surface area contributed by atoms with Crippen LogP contribution in [0, 0.1) is 0 Å². The summed E-state index contributed by atoms with van der Waals surface area (Å²) in [5.74, 6) is -0.260. The van der Waals surface area contributed by atoms with Crippen LogP contribution in [0.25, 0.3) is 10.9 Å². The van der Waals surface area contributed by atoms with Crippen LogP contribution in [-0.4, -0.2) is 56.9 Å². The summed E-state index contributed by atoms with van der Waals surface area (Å²) in [5, 5.41) is 5.93. The maximum absolute atomic E-state index is 13.7. The number of nitrogens with one attached hydrogen (secondary N) is 2. The molecule has 5 rings (SSSR count). The molecular weight excluding hydrogens is 480 g/mol. The number of aromatic amines is 1. The van der Waals surface area contributed by atoms with Gasteiger partial charge in [0.15, 0.2) is 5.78 Å². The lowest BCUT2D eigenvalue weighted by Gasteiger charge is -2.43. The van der Waals surface area contributed by atoms with E-state index in [9.17, 15) is 14.4 Å². The van der Waals surface area contributed by atoms with E-state index in [2.05, 4.69) is 10.3 Å². The van der Waals surface area contributed by atoms with Crippen LogP contribution >= 0.6 is 23.1 Å². The third-order valence-electron chi connectivity index (χ3n) is 7.00. The Labute approximate surface area is 212 Å². The zero-order valence-corrected chi connectivity index (χ0v) is 21.6. The number of hydrogen-bond acceptors (Lipinski definition) is 6. The molecule has 35 heavy (non-hydrogen) atoms. The number of carbonyl (C=O) groups excluding carboxylic acids is 3. The Morgan fingerprint density at radius 3 is 2.71 bits per heavy atom. The van der Waals surface area contributed by atoms with Crippen molar-refractivity contribution in [1.29, 1.82) is 0 Å².